The van der Waals surface area contributed by atoms with Crippen LogP contribution in [-0.2, 0) is 0 Å². The number of rotatable bonds is 2. The first-order valence-corrected chi connectivity index (χ1v) is 4.55. The lowest BCUT2D eigenvalue weighted by Gasteiger charge is -2.03. The van der Waals surface area contributed by atoms with E-state index in [1.165, 1.54) is 6.07 Å². The van der Waals surface area contributed by atoms with Crippen molar-refractivity contribution in [3.05, 3.63) is 29.3 Å². The molecule has 0 atom stereocenters. The minimum atomic E-state index is -1.46. The van der Waals surface area contributed by atoms with Gasteiger partial charge in [-0.15, -0.1) is 11.8 Å². The number of thioether (sulfide) groups is 1. The van der Waals surface area contributed by atoms with Crippen LogP contribution in [0.4, 0.5) is 8.78 Å². The van der Waals surface area contributed by atoms with Gasteiger partial charge < -0.3 is 5.11 Å². The van der Waals surface area contributed by atoms with Crippen molar-refractivity contribution in [3.8, 4) is 0 Å². The van der Waals surface area contributed by atoms with E-state index in [1.54, 1.807) is 6.26 Å². The second-order valence-electron chi connectivity index (χ2n) is 2.24. The van der Waals surface area contributed by atoms with E-state index in [-0.39, 0.29) is 4.90 Å². The third kappa shape index (κ3) is 1.80. The van der Waals surface area contributed by atoms with Crippen LogP contribution < -0.4 is 0 Å². The first-order chi connectivity index (χ1) is 6.07. The Morgan fingerprint density at radius 1 is 1.46 bits per heavy atom. The Bertz CT molecular complexity index is 352. The second-order valence-corrected chi connectivity index (χ2v) is 3.09. The SMILES string of the molecule is CSc1ccc(F)c(F)c1C(=O)O. The van der Waals surface area contributed by atoms with Gasteiger partial charge >= 0.3 is 5.97 Å². The Morgan fingerprint density at radius 2 is 2.08 bits per heavy atom. The lowest BCUT2D eigenvalue weighted by Crippen LogP contribution is -2.04. The van der Waals surface area contributed by atoms with Crippen molar-refractivity contribution in [2.75, 3.05) is 6.26 Å². The number of aromatic carboxylic acids is 1. The van der Waals surface area contributed by atoms with Crippen LogP contribution in [0, 0.1) is 11.6 Å². The largest absolute Gasteiger partial charge is 0.478 e. The zero-order valence-corrected chi connectivity index (χ0v) is 7.49. The first kappa shape index (κ1) is 9.98. The minimum Gasteiger partial charge on any atom is -0.478 e. The molecule has 0 saturated heterocycles. The maximum absolute atomic E-state index is 12.9. The maximum atomic E-state index is 12.9. The summed E-state index contributed by atoms with van der Waals surface area (Å²) in [7, 11) is 0. The molecule has 1 aromatic carbocycles. The Hall–Kier alpha value is -1.10. The monoisotopic (exact) mass is 204 g/mol. The molecule has 1 aromatic rings. The van der Waals surface area contributed by atoms with Crippen LogP contribution in [0.3, 0.4) is 0 Å². The zero-order chi connectivity index (χ0) is 10.0. The van der Waals surface area contributed by atoms with Crippen molar-refractivity contribution < 1.29 is 18.7 Å². The number of halogens is 2. The van der Waals surface area contributed by atoms with Crippen LogP contribution in [0.25, 0.3) is 0 Å². The van der Waals surface area contributed by atoms with E-state index in [4.69, 9.17) is 5.11 Å². The molecule has 0 spiro atoms. The van der Waals surface area contributed by atoms with Gasteiger partial charge in [-0.1, -0.05) is 0 Å². The number of hydrogen-bond donors (Lipinski definition) is 1. The summed E-state index contributed by atoms with van der Waals surface area (Å²) in [6.45, 7) is 0. The summed E-state index contributed by atoms with van der Waals surface area (Å²) in [6, 6.07) is 2.15. The van der Waals surface area contributed by atoms with Crippen molar-refractivity contribution in [1.29, 1.82) is 0 Å². The highest BCUT2D eigenvalue weighted by Gasteiger charge is 2.18. The summed E-state index contributed by atoms with van der Waals surface area (Å²) in [5.41, 5.74) is -0.604. The van der Waals surface area contributed by atoms with Crippen molar-refractivity contribution >= 4 is 17.7 Å². The number of carbonyl (C=O) groups is 1. The van der Waals surface area contributed by atoms with Gasteiger partial charge in [0.2, 0.25) is 0 Å². The van der Waals surface area contributed by atoms with Crippen molar-refractivity contribution in [2.24, 2.45) is 0 Å². The number of carboxylic acids is 1. The second kappa shape index (κ2) is 3.74. The molecule has 0 heterocycles. The Labute approximate surface area is 77.6 Å². The molecule has 1 rings (SSSR count). The van der Waals surface area contributed by atoms with Crippen LogP contribution >= 0.6 is 11.8 Å². The molecule has 0 aromatic heterocycles. The number of hydrogen-bond acceptors (Lipinski definition) is 2. The van der Waals surface area contributed by atoms with Gasteiger partial charge in [0.1, 0.15) is 5.56 Å². The van der Waals surface area contributed by atoms with E-state index in [1.807, 2.05) is 0 Å². The van der Waals surface area contributed by atoms with Gasteiger partial charge in [0, 0.05) is 4.90 Å². The molecule has 70 valence electrons. The topological polar surface area (TPSA) is 37.3 Å². The summed E-state index contributed by atoms with van der Waals surface area (Å²) in [6.07, 6.45) is 1.60. The third-order valence-corrected chi connectivity index (χ3v) is 2.27. The van der Waals surface area contributed by atoms with E-state index in [2.05, 4.69) is 0 Å². The van der Waals surface area contributed by atoms with E-state index < -0.39 is 23.2 Å². The molecule has 0 aliphatic heterocycles. The van der Waals surface area contributed by atoms with Crippen molar-refractivity contribution in [3.63, 3.8) is 0 Å². The lowest BCUT2D eigenvalue weighted by molar-refractivity contribution is 0.0686. The Kier molecular flexibility index (Phi) is 2.87. The molecule has 0 aliphatic rings. The molecule has 0 fully saturated rings. The van der Waals surface area contributed by atoms with Gasteiger partial charge in [0.25, 0.3) is 0 Å². The predicted molar refractivity (Wildman–Crippen MR) is 45.1 cm³/mol. The van der Waals surface area contributed by atoms with E-state index in [9.17, 15) is 13.6 Å². The fourth-order valence-electron chi connectivity index (χ4n) is 0.902. The number of benzene rings is 1. The van der Waals surface area contributed by atoms with Crippen LogP contribution in [-0.4, -0.2) is 17.3 Å². The van der Waals surface area contributed by atoms with Crippen molar-refractivity contribution in [2.45, 2.75) is 4.90 Å². The molecule has 1 N–H and O–H groups in total. The molecule has 13 heavy (non-hydrogen) atoms. The Balaban J connectivity index is 3.41. The lowest BCUT2D eigenvalue weighted by atomic mass is 10.2. The molecule has 0 unspecified atom stereocenters. The minimum absolute atomic E-state index is 0.214. The average Bonchev–Trinajstić information content (AvgIpc) is 2.08. The molecule has 0 aliphatic carbocycles. The summed E-state index contributed by atoms with van der Waals surface area (Å²) < 4.78 is 25.5. The molecule has 0 radical (unpaired) electrons. The van der Waals surface area contributed by atoms with Gasteiger partial charge in [0.05, 0.1) is 0 Å². The van der Waals surface area contributed by atoms with Crippen LogP contribution in [0.2, 0.25) is 0 Å². The summed E-state index contributed by atoms with van der Waals surface area (Å²) >= 11 is 1.06. The molecule has 0 bridgehead atoms. The molecule has 5 heteroatoms. The zero-order valence-electron chi connectivity index (χ0n) is 6.67. The molecule has 0 amide bonds. The molecule has 0 saturated carbocycles. The quantitative estimate of drug-likeness (QED) is 0.751. The van der Waals surface area contributed by atoms with Gasteiger partial charge in [-0.25, -0.2) is 13.6 Å². The standard InChI is InChI=1S/C8H6F2O2S/c1-13-5-3-2-4(9)7(10)6(5)8(11)12/h2-3H,1H3,(H,11,12). The van der Waals surface area contributed by atoms with E-state index in [0.717, 1.165) is 17.8 Å². The molecular weight excluding hydrogens is 198 g/mol. The predicted octanol–water partition coefficient (Wildman–Crippen LogP) is 2.38. The van der Waals surface area contributed by atoms with Gasteiger partial charge in [-0.2, -0.15) is 0 Å². The highest BCUT2D eigenvalue weighted by Crippen LogP contribution is 2.24. The third-order valence-electron chi connectivity index (χ3n) is 1.49. The normalized spacial score (nSPS) is 10.1. The molecule has 2 nitrogen and oxygen atoms in total. The van der Waals surface area contributed by atoms with Crippen LogP contribution in [0.5, 0.6) is 0 Å². The maximum Gasteiger partial charge on any atom is 0.339 e. The van der Waals surface area contributed by atoms with Gasteiger partial charge in [-0.3, -0.25) is 0 Å². The summed E-state index contributed by atoms with van der Waals surface area (Å²) in [5.74, 6) is -3.91. The Morgan fingerprint density at radius 3 is 2.54 bits per heavy atom. The highest BCUT2D eigenvalue weighted by atomic mass is 32.2. The van der Waals surface area contributed by atoms with Gasteiger partial charge in [-0.05, 0) is 18.4 Å². The summed E-state index contributed by atoms with van der Waals surface area (Å²) in [5, 5.41) is 8.58. The smallest absolute Gasteiger partial charge is 0.339 e. The van der Waals surface area contributed by atoms with Gasteiger partial charge in [0.15, 0.2) is 11.6 Å². The van der Waals surface area contributed by atoms with Crippen molar-refractivity contribution in [1.82, 2.24) is 0 Å². The van der Waals surface area contributed by atoms with E-state index in [0.29, 0.717) is 0 Å². The fourth-order valence-corrected chi connectivity index (χ4v) is 1.49. The fraction of sp³-hybridized carbons (Fsp3) is 0.125. The average molecular weight is 204 g/mol. The van der Waals surface area contributed by atoms with E-state index >= 15 is 0 Å². The summed E-state index contributed by atoms with van der Waals surface area (Å²) in [4.78, 5) is 10.7. The first-order valence-electron chi connectivity index (χ1n) is 3.33. The highest BCUT2D eigenvalue weighted by molar-refractivity contribution is 7.98. The van der Waals surface area contributed by atoms with Crippen LogP contribution in [0.1, 0.15) is 10.4 Å². The molecular formula is C8H6F2O2S. The van der Waals surface area contributed by atoms with Crippen LogP contribution in [0.15, 0.2) is 17.0 Å². The number of carboxylic acid groups (broad SMARTS) is 1.